The second kappa shape index (κ2) is 8.49. The van der Waals surface area contributed by atoms with E-state index in [1.54, 1.807) is 6.07 Å². The van der Waals surface area contributed by atoms with Crippen LogP contribution in [0.2, 0.25) is 0 Å². The van der Waals surface area contributed by atoms with Crippen LogP contribution in [0.25, 0.3) is 0 Å². The van der Waals surface area contributed by atoms with Crippen molar-refractivity contribution in [3.63, 3.8) is 0 Å². The second-order valence-corrected chi connectivity index (χ2v) is 7.55. The Morgan fingerprint density at radius 2 is 2.11 bits per heavy atom. The highest BCUT2D eigenvalue weighted by Gasteiger charge is 2.26. The summed E-state index contributed by atoms with van der Waals surface area (Å²) in [4.78, 5) is 24.4. The first-order valence-electron chi connectivity index (χ1n) is 9.95. The van der Waals surface area contributed by atoms with Crippen LogP contribution in [0.5, 0.6) is 5.75 Å². The molecule has 1 aromatic carbocycles. The molecule has 4 rings (SSSR count). The van der Waals surface area contributed by atoms with Crippen molar-refractivity contribution in [1.29, 1.82) is 0 Å². The number of nitrogens with one attached hydrogen (secondary N) is 1. The van der Waals surface area contributed by atoms with Crippen LogP contribution in [0.1, 0.15) is 36.4 Å². The summed E-state index contributed by atoms with van der Waals surface area (Å²) in [6, 6.07) is 9.74. The van der Waals surface area contributed by atoms with E-state index >= 15 is 0 Å². The summed E-state index contributed by atoms with van der Waals surface area (Å²) in [7, 11) is 0. The average molecular weight is 378 g/mol. The molecule has 2 aliphatic heterocycles. The van der Waals surface area contributed by atoms with E-state index in [9.17, 15) is 4.79 Å². The molecule has 0 radical (unpaired) electrons. The average Bonchev–Trinajstić information content (AvgIpc) is 3.38. The molecule has 6 heteroatoms. The molecule has 2 aliphatic rings. The summed E-state index contributed by atoms with van der Waals surface area (Å²) in [6.07, 6.45) is 8.60. The fourth-order valence-corrected chi connectivity index (χ4v) is 4.09. The van der Waals surface area contributed by atoms with Crippen LogP contribution in [0, 0.1) is 12.3 Å². The quantitative estimate of drug-likeness (QED) is 0.782. The molecule has 1 N–H and O–H groups in total. The monoisotopic (exact) mass is 378 g/mol. The largest absolute Gasteiger partial charge is 0.481 e. The standard InChI is InChI=1S/C22H26N4O2/c1-2-12-28-19-7-5-6-17(13-19)15-25-11-8-18(16-25)20-14-21(27)24-22(23-20)26-9-3-4-10-26/h1,5-7,13-14,18H,3-4,8-12,15-16H2,(H,23,24,27)/t18-/m0/s1. The zero-order valence-electron chi connectivity index (χ0n) is 16.1. The van der Waals surface area contributed by atoms with Crippen molar-refractivity contribution in [2.24, 2.45) is 0 Å². The fourth-order valence-electron chi connectivity index (χ4n) is 4.09. The minimum atomic E-state index is -0.0521. The number of hydrogen-bond donors (Lipinski definition) is 1. The molecule has 2 aromatic rings. The Balaban J connectivity index is 1.42. The van der Waals surface area contributed by atoms with E-state index < -0.39 is 0 Å². The summed E-state index contributed by atoms with van der Waals surface area (Å²) in [6.45, 7) is 4.98. The van der Waals surface area contributed by atoms with Crippen molar-refractivity contribution in [3.8, 4) is 18.1 Å². The number of H-pyrrole nitrogens is 1. The number of nitrogens with zero attached hydrogens (tertiary/aromatic N) is 3. The van der Waals surface area contributed by atoms with E-state index in [2.05, 4.69) is 26.8 Å². The summed E-state index contributed by atoms with van der Waals surface area (Å²) < 4.78 is 5.52. The van der Waals surface area contributed by atoms with Crippen LogP contribution in [0.3, 0.4) is 0 Å². The number of rotatable bonds is 6. The lowest BCUT2D eigenvalue weighted by atomic mass is 10.0. The lowest BCUT2D eigenvalue weighted by Gasteiger charge is -2.19. The maximum Gasteiger partial charge on any atom is 0.252 e. The van der Waals surface area contributed by atoms with Crippen molar-refractivity contribution in [1.82, 2.24) is 14.9 Å². The van der Waals surface area contributed by atoms with Crippen molar-refractivity contribution in [2.75, 3.05) is 37.7 Å². The SMILES string of the molecule is C#CCOc1cccc(CN2CC[C@H](c3cc(=O)[nH]c(N4CCCC4)n3)C2)c1. The Kier molecular flexibility index (Phi) is 5.63. The van der Waals surface area contributed by atoms with Gasteiger partial charge >= 0.3 is 0 Å². The molecule has 6 nitrogen and oxygen atoms in total. The van der Waals surface area contributed by atoms with Gasteiger partial charge < -0.3 is 9.64 Å². The third kappa shape index (κ3) is 4.37. The predicted molar refractivity (Wildman–Crippen MR) is 110 cm³/mol. The molecule has 0 spiro atoms. The number of anilines is 1. The van der Waals surface area contributed by atoms with E-state index in [4.69, 9.17) is 16.1 Å². The number of benzene rings is 1. The van der Waals surface area contributed by atoms with Gasteiger partial charge in [0.25, 0.3) is 5.56 Å². The zero-order chi connectivity index (χ0) is 19.3. The summed E-state index contributed by atoms with van der Waals surface area (Å²) >= 11 is 0. The zero-order valence-corrected chi connectivity index (χ0v) is 16.1. The van der Waals surface area contributed by atoms with Crippen LogP contribution < -0.4 is 15.2 Å². The van der Waals surface area contributed by atoms with Gasteiger partial charge in [0, 0.05) is 38.2 Å². The summed E-state index contributed by atoms with van der Waals surface area (Å²) in [5, 5.41) is 0. The van der Waals surface area contributed by atoms with E-state index in [0.29, 0.717) is 5.92 Å². The third-order valence-corrected chi connectivity index (χ3v) is 5.47. The van der Waals surface area contributed by atoms with Gasteiger partial charge in [-0.3, -0.25) is 14.7 Å². The van der Waals surface area contributed by atoms with Gasteiger partial charge in [-0.25, -0.2) is 4.98 Å². The fraction of sp³-hybridized carbons (Fsp3) is 0.455. The van der Waals surface area contributed by atoms with Gasteiger partial charge in [0.05, 0.1) is 5.69 Å². The number of likely N-dealkylation sites (tertiary alicyclic amines) is 1. The van der Waals surface area contributed by atoms with Gasteiger partial charge in [0.15, 0.2) is 0 Å². The topological polar surface area (TPSA) is 61.5 Å². The lowest BCUT2D eigenvalue weighted by Crippen LogP contribution is -2.25. The normalized spacial score (nSPS) is 19.7. The lowest BCUT2D eigenvalue weighted by molar-refractivity contribution is 0.324. The highest BCUT2D eigenvalue weighted by atomic mass is 16.5. The first-order valence-corrected chi connectivity index (χ1v) is 9.95. The van der Waals surface area contributed by atoms with Gasteiger partial charge in [-0.15, -0.1) is 6.42 Å². The van der Waals surface area contributed by atoms with Crippen LogP contribution in [0.15, 0.2) is 35.1 Å². The predicted octanol–water partition coefficient (Wildman–Crippen LogP) is 2.37. The second-order valence-electron chi connectivity index (χ2n) is 7.55. The Hall–Kier alpha value is -2.78. The molecule has 0 unspecified atom stereocenters. The van der Waals surface area contributed by atoms with Crippen molar-refractivity contribution < 1.29 is 4.74 Å². The Morgan fingerprint density at radius 3 is 2.93 bits per heavy atom. The Labute approximate surface area is 165 Å². The maximum atomic E-state index is 12.2. The van der Waals surface area contributed by atoms with Gasteiger partial charge in [0.1, 0.15) is 12.4 Å². The summed E-state index contributed by atoms with van der Waals surface area (Å²) in [5.74, 6) is 4.32. The molecule has 0 amide bonds. The number of aromatic amines is 1. The Bertz CT molecular complexity index is 911. The van der Waals surface area contributed by atoms with Crippen LogP contribution in [-0.2, 0) is 6.54 Å². The third-order valence-electron chi connectivity index (χ3n) is 5.47. The number of ether oxygens (including phenoxy) is 1. The number of aromatic nitrogens is 2. The molecule has 0 aliphatic carbocycles. The molecule has 3 heterocycles. The van der Waals surface area contributed by atoms with Gasteiger partial charge in [-0.05, 0) is 43.5 Å². The summed E-state index contributed by atoms with van der Waals surface area (Å²) in [5.41, 5.74) is 2.06. The van der Waals surface area contributed by atoms with Gasteiger partial charge in [-0.1, -0.05) is 18.1 Å². The van der Waals surface area contributed by atoms with Crippen LogP contribution in [-0.4, -0.2) is 47.7 Å². The molecule has 1 aromatic heterocycles. The Morgan fingerprint density at radius 1 is 1.25 bits per heavy atom. The van der Waals surface area contributed by atoms with E-state index in [-0.39, 0.29) is 12.2 Å². The molecule has 0 saturated carbocycles. The van der Waals surface area contributed by atoms with E-state index in [1.165, 1.54) is 5.56 Å². The van der Waals surface area contributed by atoms with E-state index in [0.717, 1.165) is 69.4 Å². The highest BCUT2D eigenvalue weighted by molar-refractivity contribution is 5.33. The van der Waals surface area contributed by atoms with Crippen LogP contribution >= 0.6 is 0 Å². The van der Waals surface area contributed by atoms with Crippen molar-refractivity contribution >= 4 is 5.95 Å². The molecule has 1 atom stereocenters. The molecule has 0 bridgehead atoms. The van der Waals surface area contributed by atoms with Gasteiger partial charge in [-0.2, -0.15) is 0 Å². The molecular formula is C22H26N4O2. The van der Waals surface area contributed by atoms with Crippen LogP contribution in [0.4, 0.5) is 5.95 Å². The first kappa shape index (κ1) is 18.6. The molecule has 2 fully saturated rings. The highest BCUT2D eigenvalue weighted by Crippen LogP contribution is 2.28. The minimum Gasteiger partial charge on any atom is -0.481 e. The molecule has 146 valence electrons. The molecular weight excluding hydrogens is 352 g/mol. The van der Waals surface area contributed by atoms with E-state index in [1.807, 2.05) is 18.2 Å². The van der Waals surface area contributed by atoms with Crippen molar-refractivity contribution in [3.05, 3.63) is 51.9 Å². The molecule has 28 heavy (non-hydrogen) atoms. The molecule has 2 saturated heterocycles. The maximum absolute atomic E-state index is 12.2. The van der Waals surface area contributed by atoms with Gasteiger partial charge in [0.2, 0.25) is 5.95 Å². The number of hydrogen-bond acceptors (Lipinski definition) is 5. The smallest absolute Gasteiger partial charge is 0.252 e. The first-order chi connectivity index (χ1) is 13.7. The minimum absolute atomic E-state index is 0.0521. The van der Waals surface area contributed by atoms with Crippen molar-refractivity contribution in [2.45, 2.75) is 31.7 Å². The number of terminal acetylenes is 1.